The Balaban J connectivity index is 2.39. The van der Waals surface area contributed by atoms with Crippen LogP contribution in [-0.2, 0) is 4.79 Å². The van der Waals surface area contributed by atoms with E-state index in [0.29, 0.717) is 5.92 Å². The van der Waals surface area contributed by atoms with Gasteiger partial charge in [-0.1, -0.05) is 0 Å². The molecule has 1 heterocycles. The number of carboxylic acid groups (broad SMARTS) is 1. The summed E-state index contributed by atoms with van der Waals surface area (Å²) in [6.45, 7) is 5.08. The van der Waals surface area contributed by atoms with Crippen LogP contribution in [0.2, 0.25) is 0 Å². The predicted octanol–water partition coefficient (Wildman–Crippen LogP) is 0.552. The van der Waals surface area contributed by atoms with Crippen LogP contribution in [0.1, 0.15) is 26.7 Å². The van der Waals surface area contributed by atoms with Gasteiger partial charge in [-0.05, 0) is 45.7 Å². The average molecular weight is 201 g/mol. The van der Waals surface area contributed by atoms with E-state index in [1.54, 1.807) is 13.8 Å². The number of piperidine rings is 1. The number of likely N-dealkylation sites (tertiary alicyclic amines) is 1. The van der Waals surface area contributed by atoms with Gasteiger partial charge in [0, 0.05) is 0 Å². The molecule has 14 heavy (non-hydrogen) atoms. The van der Waals surface area contributed by atoms with Crippen LogP contribution < -0.4 is 0 Å². The van der Waals surface area contributed by atoms with Crippen LogP contribution in [-0.4, -0.2) is 46.3 Å². The molecule has 0 radical (unpaired) electrons. The second-order valence-electron chi connectivity index (χ2n) is 4.13. The first kappa shape index (κ1) is 11.5. The highest BCUT2D eigenvalue weighted by Crippen LogP contribution is 2.21. The summed E-state index contributed by atoms with van der Waals surface area (Å²) in [5.74, 6) is -0.423. The number of hydrogen-bond acceptors (Lipinski definition) is 3. The highest BCUT2D eigenvalue weighted by Gasteiger charge is 2.27. The summed E-state index contributed by atoms with van der Waals surface area (Å²) in [4.78, 5) is 12.7. The lowest BCUT2D eigenvalue weighted by atomic mass is 9.91. The molecular weight excluding hydrogens is 182 g/mol. The molecule has 0 aromatic rings. The minimum atomic E-state index is -0.763. The number of aliphatic hydroxyl groups excluding tert-OH is 1. The Morgan fingerprint density at radius 2 is 1.86 bits per heavy atom. The van der Waals surface area contributed by atoms with Gasteiger partial charge in [-0.25, -0.2) is 0 Å². The van der Waals surface area contributed by atoms with Crippen molar-refractivity contribution in [2.45, 2.75) is 38.8 Å². The van der Waals surface area contributed by atoms with Crippen molar-refractivity contribution in [3.05, 3.63) is 0 Å². The van der Waals surface area contributed by atoms with Gasteiger partial charge in [0.15, 0.2) is 0 Å². The van der Waals surface area contributed by atoms with E-state index in [1.807, 2.05) is 4.90 Å². The van der Waals surface area contributed by atoms with E-state index in [2.05, 4.69) is 0 Å². The van der Waals surface area contributed by atoms with Gasteiger partial charge in [0.25, 0.3) is 0 Å². The van der Waals surface area contributed by atoms with Crippen LogP contribution in [0.4, 0.5) is 0 Å². The van der Waals surface area contributed by atoms with Crippen molar-refractivity contribution in [2.75, 3.05) is 13.1 Å². The van der Waals surface area contributed by atoms with Gasteiger partial charge in [-0.3, -0.25) is 9.69 Å². The Hall–Kier alpha value is -0.610. The van der Waals surface area contributed by atoms with Crippen LogP contribution in [0.3, 0.4) is 0 Å². The summed E-state index contributed by atoms with van der Waals surface area (Å²) in [6.07, 6.45) is 1.53. The standard InChI is InChI=1S/C10H19NO3/c1-7(10(13)14)11-5-3-9(4-6-11)8(2)12/h7-9,12H,3-6H2,1-2H3,(H,13,14)/t7-,8-/m1/s1. The number of aliphatic hydroxyl groups is 1. The van der Waals surface area contributed by atoms with Gasteiger partial charge in [-0.15, -0.1) is 0 Å². The van der Waals surface area contributed by atoms with E-state index in [0.717, 1.165) is 25.9 Å². The zero-order valence-corrected chi connectivity index (χ0v) is 8.81. The van der Waals surface area contributed by atoms with Crippen molar-refractivity contribution < 1.29 is 15.0 Å². The van der Waals surface area contributed by atoms with E-state index in [1.165, 1.54) is 0 Å². The molecule has 1 rings (SSSR count). The summed E-state index contributed by atoms with van der Waals surface area (Å²) >= 11 is 0. The van der Waals surface area contributed by atoms with Crippen LogP contribution in [0.25, 0.3) is 0 Å². The fourth-order valence-corrected chi connectivity index (χ4v) is 1.95. The number of aliphatic carboxylic acids is 1. The van der Waals surface area contributed by atoms with E-state index in [4.69, 9.17) is 5.11 Å². The Kier molecular flexibility index (Phi) is 3.89. The highest BCUT2D eigenvalue weighted by molar-refractivity contribution is 5.72. The third-order valence-corrected chi connectivity index (χ3v) is 3.16. The van der Waals surface area contributed by atoms with Gasteiger partial charge in [0.05, 0.1) is 6.10 Å². The molecular formula is C10H19NO3. The molecule has 0 bridgehead atoms. The topological polar surface area (TPSA) is 60.8 Å². The van der Waals surface area contributed by atoms with Gasteiger partial charge >= 0.3 is 5.97 Å². The SMILES string of the molecule is C[C@H](C(=O)O)N1CCC([C@@H](C)O)CC1. The van der Waals surface area contributed by atoms with Crippen molar-refractivity contribution in [3.63, 3.8) is 0 Å². The summed E-state index contributed by atoms with van der Waals surface area (Å²) in [5.41, 5.74) is 0. The molecule has 2 N–H and O–H groups in total. The second kappa shape index (κ2) is 4.75. The average Bonchev–Trinajstić information content (AvgIpc) is 2.16. The van der Waals surface area contributed by atoms with Crippen molar-refractivity contribution >= 4 is 5.97 Å². The monoisotopic (exact) mass is 201 g/mol. The van der Waals surface area contributed by atoms with Gasteiger partial charge in [-0.2, -0.15) is 0 Å². The molecule has 4 nitrogen and oxygen atoms in total. The van der Waals surface area contributed by atoms with Gasteiger partial charge in [0.2, 0.25) is 0 Å². The molecule has 0 saturated carbocycles. The molecule has 0 unspecified atom stereocenters. The molecule has 0 aromatic heterocycles. The van der Waals surface area contributed by atoms with Crippen molar-refractivity contribution in [1.82, 2.24) is 4.90 Å². The first-order valence-electron chi connectivity index (χ1n) is 5.17. The molecule has 1 saturated heterocycles. The maximum atomic E-state index is 10.7. The summed E-state index contributed by atoms with van der Waals surface area (Å²) < 4.78 is 0. The van der Waals surface area contributed by atoms with E-state index in [9.17, 15) is 9.90 Å². The molecule has 1 aliphatic rings. The van der Waals surface area contributed by atoms with Crippen LogP contribution in [0, 0.1) is 5.92 Å². The third kappa shape index (κ3) is 2.69. The fraction of sp³-hybridized carbons (Fsp3) is 0.900. The second-order valence-corrected chi connectivity index (χ2v) is 4.13. The number of nitrogens with zero attached hydrogens (tertiary/aromatic N) is 1. The van der Waals surface area contributed by atoms with E-state index < -0.39 is 12.0 Å². The molecule has 0 aromatic carbocycles. The quantitative estimate of drug-likeness (QED) is 0.700. The maximum absolute atomic E-state index is 10.7. The lowest BCUT2D eigenvalue weighted by Gasteiger charge is -2.35. The third-order valence-electron chi connectivity index (χ3n) is 3.16. The van der Waals surface area contributed by atoms with E-state index in [-0.39, 0.29) is 6.10 Å². The number of hydrogen-bond donors (Lipinski definition) is 2. The van der Waals surface area contributed by atoms with Crippen molar-refractivity contribution in [2.24, 2.45) is 5.92 Å². The lowest BCUT2D eigenvalue weighted by Crippen LogP contribution is -2.45. The zero-order valence-electron chi connectivity index (χ0n) is 8.81. The van der Waals surface area contributed by atoms with Gasteiger partial charge < -0.3 is 10.2 Å². The summed E-state index contributed by atoms with van der Waals surface area (Å²) in [5, 5.41) is 18.2. The Bertz CT molecular complexity index is 198. The summed E-state index contributed by atoms with van der Waals surface area (Å²) in [6, 6.07) is -0.398. The minimum absolute atomic E-state index is 0.266. The van der Waals surface area contributed by atoms with Gasteiger partial charge in [0.1, 0.15) is 6.04 Å². The smallest absolute Gasteiger partial charge is 0.320 e. The molecule has 0 aliphatic carbocycles. The molecule has 1 fully saturated rings. The molecule has 4 heteroatoms. The number of carboxylic acids is 1. The Morgan fingerprint density at radius 3 is 2.21 bits per heavy atom. The molecule has 82 valence electrons. The largest absolute Gasteiger partial charge is 0.480 e. The van der Waals surface area contributed by atoms with E-state index >= 15 is 0 Å². The fourth-order valence-electron chi connectivity index (χ4n) is 1.95. The number of rotatable bonds is 3. The first-order valence-corrected chi connectivity index (χ1v) is 5.17. The Morgan fingerprint density at radius 1 is 1.36 bits per heavy atom. The summed E-state index contributed by atoms with van der Waals surface area (Å²) in [7, 11) is 0. The minimum Gasteiger partial charge on any atom is -0.480 e. The van der Waals surface area contributed by atoms with Crippen LogP contribution in [0.15, 0.2) is 0 Å². The molecule has 0 amide bonds. The molecule has 2 atom stereocenters. The van der Waals surface area contributed by atoms with Crippen molar-refractivity contribution in [1.29, 1.82) is 0 Å². The molecule has 1 aliphatic heterocycles. The normalized spacial score (nSPS) is 24.5. The maximum Gasteiger partial charge on any atom is 0.320 e. The Labute approximate surface area is 84.5 Å². The van der Waals surface area contributed by atoms with Crippen molar-refractivity contribution in [3.8, 4) is 0 Å². The highest BCUT2D eigenvalue weighted by atomic mass is 16.4. The van der Waals surface area contributed by atoms with Crippen LogP contribution in [0.5, 0.6) is 0 Å². The first-order chi connectivity index (χ1) is 6.52. The zero-order chi connectivity index (χ0) is 10.7. The number of carbonyl (C=O) groups is 1. The lowest BCUT2D eigenvalue weighted by molar-refractivity contribution is -0.143. The van der Waals surface area contributed by atoms with Crippen LogP contribution >= 0.6 is 0 Å². The predicted molar refractivity (Wildman–Crippen MR) is 53.1 cm³/mol. The molecule has 0 spiro atoms.